The van der Waals surface area contributed by atoms with E-state index in [1.54, 1.807) is 20.8 Å². The monoisotopic (exact) mass is 641 g/mol. The van der Waals surface area contributed by atoms with E-state index >= 15 is 0 Å². The van der Waals surface area contributed by atoms with Crippen LogP contribution in [0.1, 0.15) is 72.8 Å². The van der Waals surface area contributed by atoms with Crippen LogP contribution in [0, 0.1) is 17.3 Å². The second-order valence-electron chi connectivity index (χ2n) is 12.9. The fourth-order valence-corrected chi connectivity index (χ4v) is 5.28. The summed E-state index contributed by atoms with van der Waals surface area (Å²) in [5.74, 6) is -2.99. The molecule has 1 aromatic carbocycles. The Morgan fingerprint density at radius 1 is 1.04 bits per heavy atom. The van der Waals surface area contributed by atoms with Gasteiger partial charge in [-0.15, -0.1) is 6.58 Å². The summed E-state index contributed by atoms with van der Waals surface area (Å²) in [6, 6.07) is 5.39. The van der Waals surface area contributed by atoms with E-state index in [0.717, 1.165) is 12.0 Å². The van der Waals surface area contributed by atoms with Crippen LogP contribution in [-0.2, 0) is 35.3 Å². The molecule has 0 radical (unpaired) electrons. The molecule has 1 aromatic rings. The normalized spacial score (nSPS) is 18.0. The summed E-state index contributed by atoms with van der Waals surface area (Å²) in [5, 5.41) is 10.3. The molecular formula is C34H51N5O7. The third kappa shape index (κ3) is 11.3. The Hall–Kier alpha value is -4.22. The Morgan fingerprint density at radius 3 is 2.30 bits per heavy atom. The number of Topliss-reactive ketones (excluding diaryl/α,β-unsaturated/α-hetero) is 1. The maximum Gasteiger partial charge on any atom is 0.325 e. The van der Waals surface area contributed by atoms with Crippen molar-refractivity contribution in [1.82, 2.24) is 26.2 Å². The number of rotatable bonds is 16. The lowest BCUT2D eigenvalue weighted by molar-refractivity contribution is -0.144. The van der Waals surface area contributed by atoms with Gasteiger partial charge in [0.05, 0.1) is 6.04 Å². The van der Waals surface area contributed by atoms with E-state index < -0.39 is 65.6 Å². The Labute approximate surface area is 272 Å². The molecule has 5 atom stereocenters. The number of carbonyl (C=O) groups excluding carboxylic acids is 6. The van der Waals surface area contributed by atoms with Gasteiger partial charge in [0, 0.05) is 13.1 Å². The molecule has 1 heterocycles. The third-order valence-corrected chi connectivity index (χ3v) is 8.23. The topological polar surface area (TPSA) is 163 Å². The summed E-state index contributed by atoms with van der Waals surface area (Å²) in [7, 11) is 0. The van der Waals surface area contributed by atoms with E-state index in [2.05, 4.69) is 34.8 Å². The highest BCUT2D eigenvalue weighted by Crippen LogP contribution is 2.33. The van der Waals surface area contributed by atoms with Gasteiger partial charge in [-0.2, -0.15) is 0 Å². The minimum Gasteiger partial charge on any atom is -0.460 e. The number of nitrogens with one attached hydrogen (secondary N) is 4. The first-order chi connectivity index (χ1) is 21.7. The van der Waals surface area contributed by atoms with Crippen molar-refractivity contribution in [3.05, 3.63) is 48.6 Å². The van der Waals surface area contributed by atoms with E-state index in [4.69, 9.17) is 4.74 Å². The van der Waals surface area contributed by atoms with Gasteiger partial charge in [-0.25, -0.2) is 4.79 Å². The van der Waals surface area contributed by atoms with Gasteiger partial charge in [-0.05, 0) is 35.7 Å². The highest BCUT2D eigenvalue weighted by Gasteiger charge is 2.46. The Bertz CT molecular complexity index is 1230. The maximum atomic E-state index is 14.1. The van der Waals surface area contributed by atoms with Gasteiger partial charge < -0.3 is 30.9 Å². The molecule has 2 rings (SSSR count). The summed E-state index contributed by atoms with van der Waals surface area (Å²) in [5.41, 5.74) is 0.0433. The first-order valence-corrected chi connectivity index (χ1v) is 16.0. The van der Waals surface area contributed by atoms with Gasteiger partial charge in [0.15, 0.2) is 0 Å². The number of hydrogen-bond acceptors (Lipinski definition) is 7. The zero-order valence-electron chi connectivity index (χ0n) is 28.0. The maximum absolute atomic E-state index is 14.1. The number of likely N-dealkylation sites (tertiary alicyclic amines) is 1. The molecule has 4 N–H and O–H groups in total. The highest BCUT2D eigenvalue weighted by atomic mass is 16.5. The van der Waals surface area contributed by atoms with E-state index in [0.29, 0.717) is 19.4 Å². The SMILES string of the molecule is C=CCNC(=O)C(=O)C(CCC)NC(=O)C1C[C@@H](C(C)CC)CN1C(=O)C(NC(=O)NCC(=O)OCc1ccccc1)C(C)(C)C. The van der Waals surface area contributed by atoms with Gasteiger partial charge in [-0.3, -0.25) is 24.0 Å². The lowest BCUT2D eigenvalue weighted by atomic mass is 9.85. The zero-order valence-corrected chi connectivity index (χ0v) is 28.0. The molecule has 0 spiro atoms. The standard InChI is InChI=1S/C34H51N5O7/c1-8-14-25(28(41)31(43)35-17-9-2)37-30(42)26-18-24(22(4)10-3)20-39(26)32(44)29(34(5,6)7)38-33(45)36-19-27(40)46-21-23-15-12-11-13-16-23/h9,11-13,15-16,22,24-26,29H,2,8,10,14,17-21H2,1,3-7H3,(H,35,43)(H,37,42)(H2,36,38,45)/t22?,24-,25?,26?,29?/m1/s1. The second-order valence-corrected chi connectivity index (χ2v) is 12.9. The molecule has 0 aliphatic carbocycles. The van der Waals surface area contributed by atoms with Crippen LogP contribution in [0.2, 0.25) is 0 Å². The summed E-state index contributed by atoms with van der Waals surface area (Å²) >= 11 is 0. The molecule has 46 heavy (non-hydrogen) atoms. The van der Waals surface area contributed by atoms with Crippen molar-refractivity contribution in [3.8, 4) is 0 Å². The van der Waals surface area contributed by atoms with Crippen LogP contribution in [0.3, 0.4) is 0 Å². The van der Waals surface area contributed by atoms with Crippen molar-refractivity contribution in [3.63, 3.8) is 0 Å². The van der Waals surface area contributed by atoms with Gasteiger partial charge >= 0.3 is 12.0 Å². The van der Waals surface area contributed by atoms with Crippen molar-refractivity contribution in [2.24, 2.45) is 17.3 Å². The molecule has 1 aliphatic heterocycles. The van der Waals surface area contributed by atoms with Crippen LogP contribution in [0.5, 0.6) is 0 Å². The van der Waals surface area contributed by atoms with Crippen LogP contribution in [0.15, 0.2) is 43.0 Å². The van der Waals surface area contributed by atoms with E-state index in [1.165, 1.54) is 11.0 Å². The number of ketones is 1. The van der Waals surface area contributed by atoms with Crippen LogP contribution in [0.25, 0.3) is 0 Å². The summed E-state index contributed by atoms with van der Waals surface area (Å²) in [4.78, 5) is 79.7. The Morgan fingerprint density at radius 2 is 1.72 bits per heavy atom. The summed E-state index contributed by atoms with van der Waals surface area (Å²) in [6.07, 6.45) is 3.46. The predicted molar refractivity (Wildman–Crippen MR) is 174 cm³/mol. The molecule has 0 bridgehead atoms. The van der Waals surface area contributed by atoms with E-state index in [1.807, 2.05) is 44.2 Å². The molecule has 1 aliphatic rings. The minimum absolute atomic E-state index is 0.00902. The molecule has 12 nitrogen and oxygen atoms in total. The number of urea groups is 1. The van der Waals surface area contributed by atoms with Gasteiger partial charge in [0.2, 0.25) is 17.6 Å². The molecule has 5 amide bonds. The molecule has 0 saturated carbocycles. The van der Waals surface area contributed by atoms with Gasteiger partial charge in [-0.1, -0.05) is 90.8 Å². The molecule has 254 valence electrons. The molecule has 1 saturated heterocycles. The van der Waals surface area contributed by atoms with Gasteiger partial charge in [0.1, 0.15) is 25.2 Å². The first kappa shape index (κ1) is 38.0. The number of ether oxygens (including phenoxy) is 1. The quantitative estimate of drug-likeness (QED) is 0.123. The molecule has 4 unspecified atom stereocenters. The molecular weight excluding hydrogens is 590 g/mol. The Balaban J connectivity index is 2.18. The predicted octanol–water partition coefficient (Wildman–Crippen LogP) is 2.86. The van der Waals surface area contributed by atoms with Crippen molar-refractivity contribution in [2.75, 3.05) is 19.6 Å². The first-order valence-electron chi connectivity index (χ1n) is 16.0. The van der Waals surface area contributed by atoms with Crippen LogP contribution < -0.4 is 21.3 Å². The molecule has 0 aromatic heterocycles. The van der Waals surface area contributed by atoms with Crippen molar-refractivity contribution in [2.45, 2.75) is 92.0 Å². The van der Waals surface area contributed by atoms with Gasteiger partial charge in [0.25, 0.3) is 5.91 Å². The zero-order chi connectivity index (χ0) is 34.4. The molecule has 1 fully saturated rings. The largest absolute Gasteiger partial charge is 0.460 e. The van der Waals surface area contributed by atoms with E-state index in [-0.39, 0.29) is 31.4 Å². The smallest absolute Gasteiger partial charge is 0.325 e. The summed E-state index contributed by atoms with van der Waals surface area (Å²) < 4.78 is 5.21. The molecule has 12 heteroatoms. The van der Waals surface area contributed by atoms with Crippen LogP contribution in [0.4, 0.5) is 4.79 Å². The average molecular weight is 642 g/mol. The number of esters is 1. The number of benzene rings is 1. The number of hydrogen-bond donors (Lipinski definition) is 4. The lowest BCUT2D eigenvalue weighted by Crippen LogP contribution is -2.60. The number of nitrogens with zero attached hydrogens (tertiary/aromatic N) is 1. The fourth-order valence-electron chi connectivity index (χ4n) is 5.28. The fraction of sp³-hybridized carbons (Fsp3) is 0.588. The Kier molecular flexibility index (Phi) is 14.9. The van der Waals surface area contributed by atoms with Crippen molar-refractivity contribution < 1.29 is 33.5 Å². The summed E-state index contributed by atoms with van der Waals surface area (Å²) in [6.45, 7) is 14.9. The highest BCUT2D eigenvalue weighted by molar-refractivity contribution is 6.38. The lowest BCUT2D eigenvalue weighted by Gasteiger charge is -2.35. The second kappa shape index (κ2) is 18.1. The minimum atomic E-state index is -1.05. The number of carbonyl (C=O) groups is 6. The van der Waals surface area contributed by atoms with E-state index in [9.17, 15) is 28.8 Å². The van der Waals surface area contributed by atoms with Crippen LogP contribution >= 0.6 is 0 Å². The van der Waals surface area contributed by atoms with Crippen molar-refractivity contribution >= 4 is 35.5 Å². The third-order valence-electron chi connectivity index (χ3n) is 8.23. The van der Waals surface area contributed by atoms with Crippen LogP contribution in [-0.4, -0.2) is 78.2 Å². The number of amides is 5. The average Bonchev–Trinajstić information content (AvgIpc) is 3.48. The van der Waals surface area contributed by atoms with Crippen molar-refractivity contribution in [1.29, 1.82) is 0 Å².